The van der Waals surface area contributed by atoms with Gasteiger partial charge in [-0.2, -0.15) is 0 Å². The molecule has 2 aliphatic heterocycles. The molecule has 3 rings (SSSR count). The minimum Gasteiger partial charge on any atom is -0.507 e. The van der Waals surface area contributed by atoms with E-state index in [2.05, 4.69) is 11.8 Å². The molecule has 1 fully saturated rings. The van der Waals surface area contributed by atoms with E-state index in [0.29, 0.717) is 23.4 Å². The molecular formula is C22H32ClNO4. The van der Waals surface area contributed by atoms with E-state index >= 15 is 0 Å². The number of methoxy groups -OCH3 is 1. The summed E-state index contributed by atoms with van der Waals surface area (Å²) in [5.74, 6) is -0.375. The highest BCUT2D eigenvalue weighted by Gasteiger charge is 2.50. The number of aliphatic hydroxyl groups excluding tert-OH is 1. The van der Waals surface area contributed by atoms with Crippen LogP contribution in [0.15, 0.2) is 11.8 Å². The van der Waals surface area contributed by atoms with Crippen molar-refractivity contribution in [2.24, 2.45) is 0 Å². The fraction of sp³-hybridized carbons (Fsp3) is 0.591. The number of hydrogen-bond acceptors (Lipinski definition) is 5. The molecule has 0 aliphatic carbocycles. The number of rotatable bonds is 3. The van der Waals surface area contributed by atoms with Gasteiger partial charge in [0.15, 0.2) is 11.4 Å². The molecule has 1 spiro atoms. The molecular weight excluding hydrogens is 378 g/mol. The van der Waals surface area contributed by atoms with Crippen molar-refractivity contribution in [2.45, 2.75) is 52.6 Å². The summed E-state index contributed by atoms with van der Waals surface area (Å²) in [5, 5.41) is 11.5. The Balaban J connectivity index is 0.000000500. The average Bonchev–Trinajstić information content (AvgIpc) is 2.88. The third kappa shape index (κ3) is 4.37. The fourth-order valence-electron chi connectivity index (χ4n) is 3.89. The zero-order valence-electron chi connectivity index (χ0n) is 17.8. The second-order valence-electron chi connectivity index (χ2n) is 7.73. The lowest BCUT2D eigenvalue weighted by Gasteiger charge is -2.36. The summed E-state index contributed by atoms with van der Waals surface area (Å²) in [4.78, 5) is 14.7. The Bertz CT molecular complexity index is 762. The van der Waals surface area contributed by atoms with Gasteiger partial charge in [0, 0.05) is 44.7 Å². The van der Waals surface area contributed by atoms with E-state index in [1.807, 2.05) is 33.9 Å². The number of hydrogen-bond donors (Lipinski definition) is 1. The summed E-state index contributed by atoms with van der Waals surface area (Å²) in [7, 11) is 3.74. The second kappa shape index (κ2) is 9.29. The van der Waals surface area contributed by atoms with Crippen LogP contribution in [0.1, 0.15) is 48.4 Å². The molecule has 5 nitrogen and oxygen atoms in total. The molecule has 2 heterocycles. The minimum atomic E-state index is -0.866. The minimum absolute atomic E-state index is 0.0710. The third-order valence-corrected chi connectivity index (χ3v) is 6.07. The van der Waals surface area contributed by atoms with Crippen LogP contribution in [0.5, 0.6) is 0 Å². The van der Waals surface area contributed by atoms with Crippen LogP contribution < -0.4 is 0 Å². The van der Waals surface area contributed by atoms with E-state index in [9.17, 15) is 9.90 Å². The van der Waals surface area contributed by atoms with Gasteiger partial charge in [-0.3, -0.25) is 0 Å². The van der Waals surface area contributed by atoms with Gasteiger partial charge in [0.2, 0.25) is 0 Å². The quantitative estimate of drug-likeness (QED) is 0.739. The average molecular weight is 410 g/mol. The number of piperidine rings is 1. The SMILES string of the molecule is CCCOC.Cc1cc(C)c(C2=C(O)C3(CCN(C)CC3)OC2=O)c(C)c1Cl. The van der Waals surface area contributed by atoms with Gasteiger partial charge >= 0.3 is 5.97 Å². The molecule has 0 amide bonds. The first-order valence-electron chi connectivity index (χ1n) is 9.79. The van der Waals surface area contributed by atoms with Crippen LogP contribution in [0.3, 0.4) is 0 Å². The predicted molar refractivity (Wildman–Crippen MR) is 113 cm³/mol. The Morgan fingerprint density at radius 2 is 1.86 bits per heavy atom. The highest BCUT2D eigenvalue weighted by molar-refractivity contribution is 6.33. The third-order valence-electron chi connectivity index (χ3n) is 5.49. The van der Waals surface area contributed by atoms with Gasteiger partial charge < -0.3 is 19.5 Å². The van der Waals surface area contributed by atoms with Gasteiger partial charge in [-0.25, -0.2) is 4.79 Å². The Kier molecular flexibility index (Phi) is 7.54. The first-order valence-corrected chi connectivity index (χ1v) is 10.2. The number of aryl methyl sites for hydroxylation is 2. The lowest BCUT2D eigenvalue weighted by Crippen LogP contribution is -2.44. The molecule has 1 N–H and O–H groups in total. The maximum atomic E-state index is 12.5. The Morgan fingerprint density at radius 1 is 1.25 bits per heavy atom. The summed E-state index contributed by atoms with van der Waals surface area (Å²) in [5.41, 5.74) is 2.83. The van der Waals surface area contributed by atoms with Crippen molar-refractivity contribution in [2.75, 3.05) is 33.9 Å². The summed E-state index contributed by atoms with van der Waals surface area (Å²) in [6.07, 6.45) is 2.35. The Labute approximate surface area is 173 Å². The Morgan fingerprint density at radius 3 is 2.36 bits per heavy atom. The lowest BCUT2D eigenvalue weighted by molar-refractivity contribution is -0.150. The van der Waals surface area contributed by atoms with Crippen molar-refractivity contribution < 1.29 is 19.4 Å². The van der Waals surface area contributed by atoms with E-state index in [1.54, 1.807) is 7.11 Å². The number of carbonyl (C=O) groups is 1. The van der Waals surface area contributed by atoms with Crippen LogP contribution in [0.2, 0.25) is 5.02 Å². The highest BCUT2D eigenvalue weighted by Crippen LogP contribution is 2.45. The van der Waals surface area contributed by atoms with Gasteiger partial charge in [0.1, 0.15) is 5.57 Å². The molecule has 0 saturated carbocycles. The normalized spacial score (nSPS) is 18.9. The highest BCUT2D eigenvalue weighted by atomic mass is 35.5. The lowest BCUT2D eigenvalue weighted by atomic mass is 9.86. The number of aliphatic hydroxyl groups is 1. The summed E-state index contributed by atoms with van der Waals surface area (Å²) < 4.78 is 10.4. The predicted octanol–water partition coefficient (Wildman–Crippen LogP) is 4.60. The van der Waals surface area contributed by atoms with Crippen LogP contribution in [0, 0.1) is 20.8 Å². The Hall–Kier alpha value is -1.56. The van der Waals surface area contributed by atoms with Gasteiger partial charge in [0.05, 0.1) is 0 Å². The topological polar surface area (TPSA) is 59.0 Å². The smallest absolute Gasteiger partial charge is 0.343 e. The van der Waals surface area contributed by atoms with Crippen LogP contribution in [-0.2, 0) is 14.3 Å². The van der Waals surface area contributed by atoms with Crippen molar-refractivity contribution in [3.05, 3.63) is 39.1 Å². The largest absolute Gasteiger partial charge is 0.507 e. The number of nitrogens with zero attached hydrogens (tertiary/aromatic N) is 1. The zero-order chi connectivity index (χ0) is 21.1. The van der Waals surface area contributed by atoms with Gasteiger partial charge in [0.25, 0.3) is 0 Å². The van der Waals surface area contributed by atoms with E-state index < -0.39 is 11.6 Å². The molecule has 156 valence electrons. The number of esters is 1. The molecule has 2 aliphatic rings. The number of carbonyl (C=O) groups excluding carboxylic acids is 1. The summed E-state index contributed by atoms with van der Waals surface area (Å²) in [6, 6.07) is 1.94. The number of ether oxygens (including phenoxy) is 2. The van der Waals surface area contributed by atoms with Crippen molar-refractivity contribution in [3.63, 3.8) is 0 Å². The first-order chi connectivity index (χ1) is 13.2. The van der Waals surface area contributed by atoms with E-state index in [4.69, 9.17) is 21.1 Å². The molecule has 1 aromatic carbocycles. The number of likely N-dealkylation sites (tertiary alicyclic amines) is 1. The van der Waals surface area contributed by atoms with Crippen molar-refractivity contribution in [1.82, 2.24) is 4.90 Å². The number of halogens is 1. The van der Waals surface area contributed by atoms with E-state index in [-0.39, 0.29) is 11.3 Å². The first kappa shape index (κ1) is 22.7. The van der Waals surface area contributed by atoms with Crippen molar-refractivity contribution in [1.29, 1.82) is 0 Å². The molecule has 6 heteroatoms. The molecule has 0 atom stereocenters. The molecule has 1 saturated heterocycles. The summed E-state index contributed by atoms with van der Waals surface area (Å²) in [6.45, 7) is 10.3. The van der Waals surface area contributed by atoms with Crippen LogP contribution in [-0.4, -0.2) is 55.4 Å². The monoisotopic (exact) mass is 409 g/mol. The second-order valence-corrected chi connectivity index (χ2v) is 8.11. The molecule has 1 aromatic rings. The van der Waals surface area contributed by atoms with Crippen molar-refractivity contribution in [3.8, 4) is 0 Å². The fourth-order valence-corrected chi connectivity index (χ4v) is 4.04. The maximum Gasteiger partial charge on any atom is 0.343 e. The molecule has 28 heavy (non-hydrogen) atoms. The van der Waals surface area contributed by atoms with Gasteiger partial charge in [-0.15, -0.1) is 0 Å². The number of benzene rings is 1. The van der Waals surface area contributed by atoms with Crippen molar-refractivity contribution >= 4 is 23.1 Å². The van der Waals surface area contributed by atoms with Crippen LogP contribution in [0.4, 0.5) is 0 Å². The van der Waals surface area contributed by atoms with E-state index in [1.165, 1.54) is 0 Å². The van der Waals surface area contributed by atoms with Gasteiger partial charge in [-0.05, 0) is 56.5 Å². The summed E-state index contributed by atoms with van der Waals surface area (Å²) >= 11 is 6.36. The standard InChI is InChI=1S/C18H22ClNO3.C4H10O/c1-10-9-11(2)15(19)12(3)13(10)14-16(21)18(23-17(14)22)5-7-20(4)8-6-18;1-3-4-5-2/h9,21H,5-8H2,1-4H3;3-4H2,1-2H3. The molecule has 0 bridgehead atoms. The maximum absolute atomic E-state index is 12.5. The van der Waals surface area contributed by atoms with E-state index in [0.717, 1.165) is 42.8 Å². The zero-order valence-corrected chi connectivity index (χ0v) is 18.6. The molecule has 0 unspecified atom stereocenters. The molecule has 0 radical (unpaired) electrons. The molecule has 0 aromatic heterocycles. The van der Waals surface area contributed by atoms with Crippen LogP contribution in [0.25, 0.3) is 5.57 Å². The van der Waals surface area contributed by atoms with Gasteiger partial charge in [-0.1, -0.05) is 24.6 Å². The van der Waals surface area contributed by atoms with Crippen LogP contribution >= 0.6 is 11.6 Å².